The third-order valence-electron chi connectivity index (χ3n) is 10.1. The maximum absolute atomic E-state index is 2.59. The second kappa shape index (κ2) is 12.3. The number of benzene rings is 5. The lowest BCUT2D eigenvalue weighted by molar-refractivity contribution is 0.400. The first-order valence-electron chi connectivity index (χ1n) is 16.7. The summed E-state index contributed by atoms with van der Waals surface area (Å²) in [6.45, 7) is 2.31. The van der Waals surface area contributed by atoms with E-state index in [1.165, 1.54) is 132 Å². The van der Waals surface area contributed by atoms with Gasteiger partial charge in [0.2, 0.25) is 0 Å². The van der Waals surface area contributed by atoms with Gasteiger partial charge in [0.05, 0.1) is 0 Å². The van der Waals surface area contributed by atoms with Gasteiger partial charge in [-0.05, 0) is 98.0 Å². The van der Waals surface area contributed by atoms with Crippen molar-refractivity contribution < 1.29 is 0 Å². The molecule has 0 heterocycles. The van der Waals surface area contributed by atoms with E-state index in [0.717, 1.165) is 5.92 Å². The van der Waals surface area contributed by atoms with Gasteiger partial charge in [-0.3, -0.25) is 0 Å². The molecule has 1 atom stereocenters. The lowest BCUT2D eigenvalue weighted by atomic mass is 9.85. The molecule has 1 unspecified atom stereocenters. The van der Waals surface area contributed by atoms with E-state index in [4.69, 9.17) is 0 Å². The third kappa shape index (κ3) is 5.22. The number of hydrogen-bond donors (Lipinski definition) is 0. The molecule has 0 nitrogen and oxygen atoms in total. The van der Waals surface area contributed by atoms with Crippen LogP contribution in [0.4, 0.5) is 0 Å². The van der Waals surface area contributed by atoms with Gasteiger partial charge in [0.15, 0.2) is 0 Å². The summed E-state index contributed by atoms with van der Waals surface area (Å²) in [6, 6.07) is 36.6. The quantitative estimate of drug-likeness (QED) is 0.149. The fourth-order valence-corrected chi connectivity index (χ4v) is 7.86. The average molecular weight is 549 g/mol. The van der Waals surface area contributed by atoms with Crippen LogP contribution in [-0.4, -0.2) is 0 Å². The highest BCUT2D eigenvalue weighted by molar-refractivity contribution is 6.17. The fraction of sp³-hybridized carbons (Fsp3) is 0.333. The zero-order valence-electron chi connectivity index (χ0n) is 25.3. The number of rotatable bonds is 10. The first-order valence-corrected chi connectivity index (χ1v) is 16.7. The molecule has 8 rings (SSSR count). The van der Waals surface area contributed by atoms with Crippen LogP contribution in [-0.2, 0) is 12.8 Å². The highest BCUT2D eigenvalue weighted by Gasteiger charge is 2.30. The first-order chi connectivity index (χ1) is 20.8. The average Bonchev–Trinajstić information content (AvgIpc) is 3.44. The molecular weight excluding hydrogens is 504 g/mol. The topological polar surface area (TPSA) is 0 Å². The minimum Gasteiger partial charge on any atom is -0.0654 e. The predicted octanol–water partition coefficient (Wildman–Crippen LogP) is 12.5. The fourth-order valence-electron chi connectivity index (χ4n) is 7.86. The number of fused-ring (bicyclic) bond motifs is 5. The molecule has 0 saturated carbocycles. The Kier molecular flexibility index (Phi) is 7.97. The van der Waals surface area contributed by atoms with Crippen LogP contribution in [0.15, 0.2) is 97.1 Å². The van der Waals surface area contributed by atoms with Crippen LogP contribution in [0.2, 0.25) is 0 Å². The van der Waals surface area contributed by atoms with Gasteiger partial charge in [0, 0.05) is 0 Å². The molecule has 5 aromatic carbocycles. The molecule has 0 radical (unpaired) electrons. The largest absolute Gasteiger partial charge is 0.0654 e. The van der Waals surface area contributed by atoms with E-state index in [9.17, 15) is 0 Å². The minimum absolute atomic E-state index is 0.824. The maximum Gasteiger partial charge on any atom is -0.00262 e. The van der Waals surface area contributed by atoms with Crippen LogP contribution in [0.5, 0.6) is 0 Å². The van der Waals surface area contributed by atoms with Crippen LogP contribution in [0.3, 0.4) is 0 Å². The molecule has 0 amide bonds. The van der Waals surface area contributed by atoms with Crippen LogP contribution < -0.4 is 0 Å². The Hall–Kier alpha value is -3.64. The molecule has 212 valence electrons. The second-order valence-electron chi connectivity index (χ2n) is 12.8. The molecule has 0 fully saturated rings. The van der Waals surface area contributed by atoms with Gasteiger partial charge in [-0.15, -0.1) is 0 Å². The third-order valence-corrected chi connectivity index (χ3v) is 10.1. The molecular formula is C42H44. The van der Waals surface area contributed by atoms with Gasteiger partial charge in [0.1, 0.15) is 0 Å². The molecule has 0 aliphatic heterocycles. The standard InChI is InChI=1S/C42H44/c1-2-3-4-5-6-7-9-14-30-21-23-35-29-39(33-26-24-32(25-27-33)31-15-10-8-11-16-31)36(28-22-30)42-38-20-13-18-34-17-12-19-37(40(34)38)41(35)42/h8,10-13,15-20,24-27,29-30H,2-7,9,14,21-23,28H2,1H3. The predicted molar refractivity (Wildman–Crippen MR) is 182 cm³/mol. The lowest BCUT2D eigenvalue weighted by Crippen LogP contribution is -2.04. The summed E-state index contributed by atoms with van der Waals surface area (Å²) >= 11 is 0. The van der Waals surface area contributed by atoms with Crippen molar-refractivity contribution in [3.63, 3.8) is 0 Å². The molecule has 3 aliphatic rings. The van der Waals surface area contributed by atoms with E-state index in [1.54, 1.807) is 11.1 Å². The van der Waals surface area contributed by atoms with E-state index in [0.29, 0.717) is 0 Å². The summed E-state index contributed by atoms with van der Waals surface area (Å²) in [4.78, 5) is 0. The highest BCUT2D eigenvalue weighted by atomic mass is 14.3. The molecule has 42 heavy (non-hydrogen) atoms. The summed E-state index contributed by atoms with van der Waals surface area (Å²) in [5, 5.41) is 2.84. The lowest BCUT2D eigenvalue weighted by Gasteiger charge is -2.19. The Labute approximate surface area is 252 Å². The van der Waals surface area contributed by atoms with E-state index in [-0.39, 0.29) is 0 Å². The van der Waals surface area contributed by atoms with Gasteiger partial charge in [-0.2, -0.15) is 0 Å². The van der Waals surface area contributed by atoms with Crippen molar-refractivity contribution in [2.24, 2.45) is 5.92 Å². The molecule has 5 aromatic rings. The van der Waals surface area contributed by atoms with E-state index in [2.05, 4.69) is 104 Å². The molecule has 0 heteroatoms. The zero-order valence-corrected chi connectivity index (χ0v) is 25.3. The second-order valence-corrected chi connectivity index (χ2v) is 12.8. The summed E-state index contributed by atoms with van der Waals surface area (Å²) in [5.74, 6) is 0.824. The Bertz CT molecular complexity index is 1670. The Balaban J connectivity index is 1.24. The van der Waals surface area contributed by atoms with Crippen LogP contribution in [0.1, 0.15) is 82.3 Å². The number of hydrogen-bond acceptors (Lipinski definition) is 0. The SMILES string of the molecule is CCCCCCCCCC1CCc2cc(-c3ccc(-c4ccccc4)cc3)c(c3c2-c2cccc4cccc-3c24)CC1. The number of unbranched alkanes of at least 4 members (excludes halogenated alkanes) is 6. The van der Waals surface area contributed by atoms with Crippen LogP contribution in [0.25, 0.3) is 55.3 Å². The zero-order chi connectivity index (χ0) is 28.3. The molecule has 0 spiro atoms. The van der Waals surface area contributed by atoms with Crippen molar-refractivity contribution in [1.29, 1.82) is 0 Å². The van der Waals surface area contributed by atoms with Crippen molar-refractivity contribution in [1.82, 2.24) is 0 Å². The van der Waals surface area contributed by atoms with Crippen molar-refractivity contribution in [2.75, 3.05) is 0 Å². The summed E-state index contributed by atoms with van der Waals surface area (Å²) in [5.41, 5.74) is 14.5. The summed E-state index contributed by atoms with van der Waals surface area (Å²) in [6.07, 6.45) is 16.2. The van der Waals surface area contributed by atoms with E-state index in [1.807, 2.05) is 0 Å². The van der Waals surface area contributed by atoms with Crippen molar-refractivity contribution in [3.05, 3.63) is 108 Å². The van der Waals surface area contributed by atoms with Gasteiger partial charge in [0.25, 0.3) is 0 Å². The van der Waals surface area contributed by atoms with Crippen molar-refractivity contribution in [2.45, 2.75) is 84.0 Å². The van der Waals surface area contributed by atoms with Gasteiger partial charge >= 0.3 is 0 Å². The van der Waals surface area contributed by atoms with Crippen molar-refractivity contribution in [3.8, 4) is 44.5 Å². The molecule has 3 aliphatic carbocycles. The number of aryl methyl sites for hydroxylation is 1. The molecule has 0 aromatic heterocycles. The highest BCUT2D eigenvalue weighted by Crippen LogP contribution is 2.53. The van der Waals surface area contributed by atoms with Gasteiger partial charge < -0.3 is 0 Å². The Morgan fingerprint density at radius 3 is 1.95 bits per heavy atom. The Morgan fingerprint density at radius 1 is 0.548 bits per heavy atom. The van der Waals surface area contributed by atoms with Gasteiger partial charge in [-0.1, -0.05) is 155 Å². The molecule has 0 N–H and O–H groups in total. The Morgan fingerprint density at radius 2 is 1.19 bits per heavy atom. The normalized spacial score (nSPS) is 15.4. The molecule has 0 saturated heterocycles. The van der Waals surface area contributed by atoms with Gasteiger partial charge in [-0.25, -0.2) is 0 Å². The summed E-state index contributed by atoms with van der Waals surface area (Å²) < 4.78 is 0. The molecule has 2 bridgehead atoms. The smallest absolute Gasteiger partial charge is 0.00262 e. The maximum atomic E-state index is 2.59. The van der Waals surface area contributed by atoms with E-state index >= 15 is 0 Å². The summed E-state index contributed by atoms with van der Waals surface area (Å²) in [7, 11) is 0. The van der Waals surface area contributed by atoms with E-state index < -0.39 is 0 Å². The monoisotopic (exact) mass is 548 g/mol. The van der Waals surface area contributed by atoms with Crippen LogP contribution >= 0.6 is 0 Å². The minimum atomic E-state index is 0.824. The van der Waals surface area contributed by atoms with Crippen LogP contribution in [0, 0.1) is 5.92 Å². The van der Waals surface area contributed by atoms with Crippen molar-refractivity contribution >= 4 is 10.8 Å². The first kappa shape index (κ1) is 27.2.